The molecule has 0 rings (SSSR count). The fourth-order valence-electron chi connectivity index (χ4n) is 14.9. The van der Waals surface area contributed by atoms with Gasteiger partial charge >= 0.3 is 19.8 Å². The number of unbranched alkanes of at least 4 members (excludes halogenated alkanes) is 74. The minimum atomic E-state index is -4.39. The zero-order valence-electron chi connectivity index (χ0n) is 70.6. The molecule has 0 spiro atoms. The molecule has 0 heterocycles. The quantitative estimate of drug-likeness (QED) is 0.0211. The van der Waals surface area contributed by atoms with E-state index in [-0.39, 0.29) is 25.6 Å². The third kappa shape index (κ3) is 89.5. The Morgan fingerprint density at radius 2 is 0.495 bits per heavy atom. The van der Waals surface area contributed by atoms with E-state index >= 15 is 0 Å². The fraction of sp³-hybridized carbons (Fsp3) is 0.957. The van der Waals surface area contributed by atoms with Crippen LogP contribution in [-0.2, 0) is 32.7 Å². The number of allylic oxidation sites excluding steroid dienone is 2. The molecule has 2 atom stereocenters. The van der Waals surface area contributed by atoms with Crippen molar-refractivity contribution in [2.45, 2.75) is 527 Å². The van der Waals surface area contributed by atoms with E-state index in [1.807, 2.05) is 21.1 Å². The number of hydrogen-bond acceptors (Lipinski definition) is 7. The summed E-state index contributed by atoms with van der Waals surface area (Å²) in [5.41, 5.74) is 0. The zero-order chi connectivity index (χ0) is 74.7. The number of esters is 2. The van der Waals surface area contributed by atoms with Gasteiger partial charge in [-0.15, -0.1) is 0 Å². The first-order valence-corrected chi connectivity index (χ1v) is 48.4. The lowest BCUT2D eigenvalue weighted by Crippen LogP contribution is -2.37. The van der Waals surface area contributed by atoms with E-state index in [1.54, 1.807) is 0 Å². The Morgan fingerprint density at radius 1 is 0.291 bits per heavy atom. The summed E-state index contributed by atoms with van der Waals surface area (Å²) in [6, 6.07) is 0. The largest absolute Gasteiger partial charge is 0.472 e. The first-order chi connectivity index (χ1) is 50.5. The SMILES string of the molecule is CCCCCCCCCC/C=C\CCCCCCCCCCCCCCCCCCCCCCCCCCCCCC(=O)OC(COC(=O)CCCCCCCCCCCCCCCCCCCCCCCCCCCCCCCCCCCCCCCCCC)COP(=O)(O)OCC[N+](C)(C)C. The molecule has 0 aliphatic rings. The molecule has 0 fully saturated rings. The van der Waals surface area contributed by atoms with Gasteiger partial charge in [0.15, 0.2) is 6.10 Å². The molecule has 0 radical (unpaired) electrons. The normalized spacial score (nSPS) is 12.9. The summed E-state index contributed by atoms with van der Waals surface area (Å²) in [6.45, 7) is 4.55. The summed E-state index contributed by atoms with van der Waals surface area (Å²) in [4.78, 5) is 36.1. The van der Waals surface area contributed by atoms with Crippen LogP contribution < -0.4 is 0 Å². The van der Waals surface area contributed by atoms with Gasteiger partial charge < -0.3 is 18.9 Å². The molecule has 1 N–H and O–H groups in total. The van der Waals surface area contributed by atoms with Gasteiger partial charge in [-0.3, -0.25) is 18.6 Å². The van der Waals surface area contributed by atoms with Crippen molar-refractivity contribution in [1.82, 2.24) is 0 Å². The Bertz CT molecular complexity index is 1740. The van der Waals surface area contributed by atoms with Crippen molar-refractivity contribution in [3.05, 3.63) is 12.2 Å². The van der Waals surface area contributed by atoms with Crippen molar-refractivity contribution in [3.8, 4) is 0 Å². The second kappa shape index (κ2) is 84.8. The predicted molar refractivity (Wildman–Crippen MR) is 451 cm³/mol. The molecular weight excluding hydrogens is 1290 g/mol. The lowest BCUT2D eigenvalue weighted by molar-refractivity contribution is -0.870. The van der Waals surface area contributed by atoms with E-state index in [9.17, 15) is 19.0 Å². The average molecular weight is 1480 g/mol. The van der Waals surface area contributed by atoms with Crippen molar-refractivity contribution >= 4 is 19.8 Å². The van der Waals surface area contributed by atoms with Crippen molar-refractivity contribution in [3.63, 3.8) is 0 Å². The van der Waals surface area contributed by atoms with E-state index in [0.717, 1.165) is 38.5 Å². The molecular formula is C93H185NO8P+. The Hall–Kier alpha value is -1.25. The summed E-state index contributed by atoms with van der Waals surface area (Å²) < 4.78 is 34.9. The Kier molecular flexibility index (Phi) is 83.7. The van der Waals surface area contributed by atoms with E-state index in [0.29, 0.717) is 17.4 Å². The second-order valence-electron chi connectivity index (χ2n) is 33.8. The molecule has 614 valence electrons. The standard InChI is InChI=1S/C93H184NO8P/c1-6-8-10-12-14-16-18-20-22-24-26-28-30-32-34-36-38-40-42-44-46-48-49-51-53-55-57-59-61-63-65-67-69-71-73-75-77-79-81-83-85-92(95)99-89-91(90-101-103(97,98)100-88-87-94(3,4)5)102-93(96)86-84-82-80-78-76-74-72-70-68-66-64-62-60-58-56-54-52-50-47-45-43-41-39-37-35-33-31-29-27-25-23-21-19-17-15-13-11-9-7-2/h25,27,91H,6-24,26,28-90H2,1-5H3/p+1/b27-25-. The molecule has 0 aromatic carbocycles. The highest BCUT2D eigenvalue weighted by atomic mass is 31.2. The smallest absolute Gasteiger partial charge is 0.462 e. The van der Waals surface area contributed by atoms with Gasteiger partial charge in [0.1, 0.15) is 19.8 Å². The topological polar surface area (TPSA) is 108 Å². The number of quaternary nitrogens is 1. The molecule has 0 bridgehead atoms. The maximum absolute atomic E-state index is 13.0. The van der Waals surface area contributed by atoms with Gasteiger partial charge in [-0.1, -0.05) is 482 Å². The van der Waals surface area contributed by atoms with Gasteiger partial charge in [-0.2, -0.15) is 0 Å². The van der Waals surface area contributed by atoms with E-state index in [2.05, 4.69) is 26.0 Å². The number of rotatable bonds is 90. The highest BCUT2D eigenvalue weighted by molar-refractivity contribution is 7.47. The van der Waals surface area contributed by atoms with Gasteiger partial charge in [0.25, 0.3) is 0 Å². The van der Waals surface area contributed by atoms with E-state index in [4.69, 9.17) is 18.5 Å². The van der Waals surface area contributed by atoms with Gasteiger partial charge in [0, 0.05) is 12.8 Å². The van der Waals surface area contributed by atoms with Crippen molar-refractivity contribution in [1.29, 1.82) is 0 Å². The summed E-state index contributed by atoms with van der Waals surface area (Å²) >= 11 is 0. The van der Waals surface area contributed by atoms with Crippen LogP contribution in [0.1, 0.15) is 521 Å². The molecule has 0 aromatic heterocycles. The molecule has 103 heavy (non-hydrogen) atoms. The zero-order valence-corrected chi connectivity index (χ0v) is 71.5. The van der Waals surface area contributed by atoms with E-state index < -0.39 is 26.5 Å². The lowest BCUT2D eigenvalue weighted by atomic mass is 10.0. The first-order valence-electron chi connectivity index (χ1n) is 46.9. The van der Waals surface area contributed by atoms with Crippen LogP contribution in [0.4, 0.5) is 0 Å². The minimum absolute atomic E-state index is 0.0373. The maximum Gasteiger partial charge on any atom is 0.472 e. The molecule has 2 unspecified atom stereocenters. The summed E-state index contributed by atoms with van der Waals surface area (Å²) in [5, 5.41) is 0. The van der Waals surface area contributed by atoms with Crippen molar-refractivity contribution in [2.75, 3.05) is 47.5 Å². The molecule has 0 amide bonds. The highest BCUT2D eigenvalue weighted by Gasteiger charge is 2.27. The molecule has 0 aliphatic carbocycles. The number of hydrogen-bond donors (Lipinski definition) is 1. The van der Waals surface area contributed by atoms with Crippen LogP contribution in [0, 0.1) is 0 Å². The van der Waals surface area contributed by atoms with Crippen LogP contribution in [0.15, 0.2) is 12.2 Å². The number of phosphoric ester groups is 1. The monoisotopic (exact) mass is 1480 g/mol. The van der Waals surface area contributed by atoms with Crippen LogP contribution in [0.25, 0.3) is 0 Å². The molecule has 0 saturated heterocycles. The third-order valence-corrected chi connectivity index (χ3v) is 23.0. The first kappa shape index (κ1) is 102. The van der Waals surface area contributed by atoms with Gasteiger partial charge in [-0.25, -0.2) is 4.57 Å². The van der Waals surface area contributed by atoms with Crippen LogP contribution in [0.5, 0.6) is 0 Å². The molecule has 0 saturated carbocycles. The maximum atomic E-state index is 13.0. The van der Waals surface area contributed by atoms with Crippen molar-refractivity contribution in [2.24, 2.45) is 0 Å². The van der Waals surface area contributed by atoms with Gasteiger partial charge in [-0.05, 0) is 38.5 Å². The number of nitrogens with zero attached hydrogens (tertiary/aromatic N) is 1. The van der Waals surface area contributed by atoms with Crippen LogP contribution >= 0.6 is 7.82 Å². The summed E-state index contributed by atoms with van der Waals surface area (Å²) in [5.74, 6) is -0.763. The average Bonchev–Trinajstić information content (AvgIpc) is 1.01. The van der Waals surface area contributed by atoms with Crippen LogP contribution in [-0.4, -0.2) is 74.9 Å². The Morgan fingerprint density at radius 3 is 0.718 bits per heavy atom. The number of phosphoric acid groups is 1. The predicted octanol–water partition coefficient (Wildman–Crippen LogP) is 31.7. The van der Waals surface area contributed by atoms with Crippen LogP contribution in [0.3, 0.4) is 0 Å². The van der Waals surface area contributed by atoms with Gasteiger partial charge in [0.2, 0.25) is 0 Å². The highest BCUT2D eigenvalue weighted by Crippen LogP contribution is 2.43. The third-order valence-electron chi connectivity index (χ3n) is 22.0. The fourth-order valence-corrected chi connectivity index (χ4v) is 15.6. The summed E-state index contributed by atoms with van der Waals surface area (Å²) in [6.07, 6.45) is 110. The van der Waals surface area contributed by atoms with Crippen molar-refractivity contribution < 1.29 is 42.1 Å². The van der Waals surface area contributed by atoms with E-state index in [1.165, 1.54) is 456 Å². The Labute approximate surface area is 645 Å². The molecule has 0 aromatic rings. The number of carbonyl (C=O) groups excluding carboxylic acids is 2. The number of ether oxygens (including phenoxy) is 2. The molecule has 0 aliphatic heterocycles. The number of likely N-dealkylation sites (N-methyl/N-ethyl adjacent to an activating group) is 1. The molecule has 10 heteroatoms. The summed E-state index contributed by atoms with van der Waals surface area (Å²) in [7, 11) is 1.51. The second-order valence-corrected chi connectivity index (χ2v) is 35.2. The lowest BCUT2D eigenvalue weighted by Gasteiger charge is -2.24. The van der Waals surface area contributed by atoms with Crippen LogP contribution in [0.2, 0.25) is 0 Å². The van der Waals surface area contributed by atoms with Gasteiger partial charge in [0.05, 0.1) is 27.7 Å². The molecule has 9 nitrogen and oxygen atoms in total. The Balaban J connectivity index is 3.80. The minimum Gasteiger partial charge on any atom is -0.462 e. The number of carbonyl (C=O) groups is 2.